The molecule has 1 N–H and O–H groups in total. The number of nitrogens with zero attached hydrogens (tertiary/aromatic N) is 3. The first-order chi connectivity index (χ1) is 11.7. The standard InChI is InChI=1S/C17H20N4O2S/c22-15(14-3-1-8-24-14)21-11-17(12-21)5-4-13(10-23-17)9-20-16-18-6-2-7-19-16/h1-3,6-8,13H,4-5,9-12H2,(H,18,19,20). The highest BCUT2D eigenvalue weighted by Gasteiger charge is 2.48. The number of anilines is 1. The SMILES string of the molecule is O=C(c1cccs1)N1CC2(CCC(CNc3ncccn3)CO2)C1. The second-order valence-corrected chi connectivity index (χ2v) is 7.44. The third-order valence-electron chi connectivity index (χ3n) is 4.73. The summed E-state index contributed by atoms with van der Waals surface area (Å²) in [5.41, 5.74) is -0.118. The van der Waals surface area contributed by atoms with Crippen LogP contribution >= 0.6 is 11.3 Å². The molecular formula is C17H20N4O2S. The first kappa shape index (κ1) is 15.5. The number of rotatable bonds is 4. The molecule has 1 amide bonds. The van der Waals surface area contributed by atoms with E-state index in [-0.39, 0.29) is 11.5 Å². The predicted molar refractivity (Wildman–Crippen MR) is 92.2 cm³/mol. The van der Waals surface area contributed by atoms with Crippen molar-refractivity contribution < 1.29 is 9.53 Å². The molecule has 1 spiro atoms. The molecule has 2 aromatic rings. The Morgan fingerprint density at radius 3 is 2.88 bits per heavy atom. The van der Waals surface area contributed by atoms with E-state index in [0.29, 0.717) is 25.0 Å². The van der Waals surface area contributed by atoms with Gasteiger partial charge in [0.1, 0.15) is 5.60 Å². The molecule has 4 rings (SSSR count). The molecule has 2 aliphatic rings. The minimum absolute atomic E-state index is 0.118. The number of aromatic nitrogens is 2. The maximum Gasteiger partial charge on any atom is 0.264 e. The summed E-state index contributed by atoms with van der Waals surface area (Å²) in [7, 11) is 0. The van der Waals surface area contributed by atoms with Crippen LogP contribution in [0.2, 0.25) is 0 Å². The highest BCUT2D eigenvalue weighted by Crippen LogP contribution is 2.37. The molecule has 1 unspecified atom stereocenters. The Hall–Kier alpha value is -1.99. The topological polar surface area (TPSA) is 67.4 Å². The number of carbonyl (C=O) groups is 1. The van der Waals surface area contributed by atoms with Gasteiger partial charge in [-0.05, 0) is 36.3 Å². The van der Waals surface area contributed by atoms with Gasteiger partial charge in [-0.25, -0.2) is 9.97 Å². The third kappa shape index (κ3) is 3.14. The zero-order valence-electron chi connectivity index (χ0n) is 13.4. The summed E-state index contributed by atoms with van der Waals surface area (Å²) in [4.78, 5) is 23.3. The van der Waals surface area contributed by atoms with Gasteiger partial charge in [0.25, 0.3) is 5.91 Å². The van der Waals surface area contributed by atoms with Gasteiger partial charge in [0.15, 0.2) is 0 Å². The van der Waals surface area contributed by atoms with E-state index in [1.807, 2.05) is 22.4 Å². The van der Waals surface area contributed by atoms with E-state index >= 15 is 0 Å². The van der Waals surface area contributed by atoms with Crippen LogP contribution in [0.4, 0.5) is 5.95 Å². The summed E-state index contributed by atoms with van der Waals surface area (Å²) in [6.45, 7) is 2.97. The molecular weight excluding hydrogens is 324 g/mol. The molecule has 6 nitrogen and oxygen atoms in total. The zero-order valence-corrected chi connectivity index (χ0v) is 14.2. The Morgan fingerprint density at radius 1 is 1.38 bits per heavy atom. The molecule has 126 valence electrons. The van der Waals surface area contributed by atoms with Crippen molar-refractivity contribution in [3.63, 3.8) is 0 Å². The quantitative estimate of drug-likeness (QED) is 0.922. The number of hydrogen-bond acceptors (Lipinski definition) is 6. The molecule has 0 aromatic carbocycles. The number of likely N-dealkylation sites (tertiary alicyclic amines) is 1. The van der Waals surface area contributed by atoms with Crippen molar-refractivity contribution in [2.45, 2.75) is 18.4 Å². The van der Waals surface area contributed by atoms with Crippen LogP contribution in [0, 0.1) is 5.92 Å². The first-order valence-corrected chi connectivity index (χ1v) is 9.10. The fourth-order valence-corrected chi connectivity index (χ4v) is 3.99. The number of ether oxygens (including phenoxy) is 1. The number of carbonyl (C=O) groups excluding carboxylic acids is 1. The Balaban J connectivity index is 1.23. The van der Waals surface area contributed by atoms with Crippen LogP contribution in [0.15, 0.2) is 36.0 Å². The molecule has 2 aromatic heterocycles. The molecule has 24 heavy (non-hydrogen) atoms. The van der Waals surface area contributed by atoms with Gasteiger partial charge in [0.05, 0.1) is 24.6 Å². The van der Waals surface area contributed by atoms with Crippen LogP contribution in [0.1, 0.15) is 22.5 Å². The summed E-state index contributed by atoms with van der Waals surface area (Å²) in [6, 6.07) is 5.60. The minimum atomic E-state index is -0.118. The maximum atomic E-state index is 12.3. The Labute approximate surface area is 144 Å². The molecule has 2 saturated heterocycles. The average Bonchev–Trinajstić information content (AvgIpc) is 3.13. The second kappa shape index (κ2) is 6.49. The molecule has 1 atom stereocenters. The van der Waals surface area contributed by atoms with E-state index in [2.05, 4.69) is 15.3 Å². The van der Waals surface area contributed by atoms with Gasteiger partial charge < -0.3 is 15.0 Å². The molecule has 2 aliphatic heterocycles. The molecule has 0 saturated carbocycles. The lowest BCUT2D eigenvalue weighted by Gasteiger charge is -2.52. The van der Waals surface area contributed by atoms with Gasteiger partial charge in [-0.15, -0.1) is 11.3 Å². The fourth-order valence-electron chi connectivity index (χ4n) is 3.30. The maximum absolute atomic E-state index is 12.3. The van der Waals surface area contributed by atoms with E-state index < -0.39 is 0 Å². The fraction of sp³-hybridized carbons (Fsp3) is 0.471. The lowest BCUT2D eigenvalue weighted by Crippen LogP contribution is -2.66. The lowest BCUT2D eigenvalue weighted by atomic mass is 9.83. The summed E-state index contributed by atoms with van der Waals surface area (Å²) < 4.78 is 6.13. The Morgan fingerprint density at radius 2 is 2.21 bits per heavy atom. The summed E-state index contributed by atoms with van der Waals surface area (Å²) in [5.74, 6) is 1.25. The molecule has 4 heterocycles. The molecule has 0 radical (unpaired) electrons. The van der Waals surface area contributed by atoms with Gasteiger partial charge in [-0.3, -0.25) is 4.79 Å². The summed E-state index contributed by atoms with van der Waals surface area (Å²) in [5, 5.41) is 5.20. The Bertz CT molecular complexity index is 676. The van der Waals surface area contributed by atoms with Crippen LogP contribution in [0.3, 0.4) is 0 Å². The van der Waals surface area contributed by atoms with E-state index in [4.69, 9.17) is 4.74 Å². The van der Waals surface area contributed by atoms with Gasteiger partial charge in [-0.2, -0.15) is 0 Å². The van der Waals surface area contributed by atoms with Crippen molar-refractivity contribution in [2.75, 3.05) is 31.6 Å². The number of amides is 1. The zero-order chi connectivity index (χ0) is 16.4. The van der Waals surface area contributed by atoms with Crippen molar-refractivity contribution in [2.24, 2.45) is 5.92 Å². The van der Waals surface area contributed by atoms with E-state index in [0.717, 1.165) is 30.9 Å². The van der Waals surface area contributed by atoms with Crippen molar-refractivity contribution >= 4 is 23.2 Å². The van der Waals surface area contributed by atoms with E-state index in [9.17, 15) is 4.79 Å². The van der Waals surface area contributed by atoms with Crippen molar-refractivity contribution in [1.29, 1.82) is 0 Å². The van der Waals surface area contributed by atoms with Crippen LogP contribution < -0.4 is 5.32 Å². The van der Waals surface area contributed by atoms with Crippen molar-refractivity contribution in [3.05, 3.63) is 40.8 Å². The normalized spacial score (nSPS) is 22.2. The number of hydrogen-bond donors (Lipinski definition) is 1. The van der Waals surface area contributed by atoms with Gasteiger partial charge in [0, 0.05) is 18.9 Å². The third-order valence-corrected chi connectivity index (χ3v) is 5.58. The van der Waals surface area contributed by atoms with Crippen LogP contribution in [-0.2, 0) is 4.74 Å². The second-order valence-electron chi connectivity index (χ2n) is 6.49. The monoisotopic (exact) mass is 344 g/mol. The number of thiophene rings is 1. The minimum Gasteiger partial charge on any atom is -0.371 e. The van der Waals surface area contributed by atoms with Gasteiger partial charge >= 0.3 is 0 Å². The predicted octanol–water partition coefficient (Wildman–Crippen LogP) is 2.27. The lowest BCUT2D eigenvalue weighted by molar-refractivity contribution is -0.165. The van der Waals surface area contributed by atoms with Gasteiger partial charge in [-0.1, -0.05) is 6.07 Å². The average molecular weight is 344 g/mol. The highest BCUT2D eigenvalue weighted by molar-refractivity contribution is 7.12. The van der Waals surface area contributed by atoms with Crippen LogP contribution in [-0.4, -0.2) is 52.6 Å². The summed E-state index contributed by atoms with van der Waals surface area (Å²) in [6.07, 6.45) is 5.56. The smallest absolute Gasteiger partial charge is 0.264 e. The van der Waals surface area contributed by atoms with Gasteiger partial charge in [0.2, 0.25) is 5.95 Å². The highest BCUT2D eigenvalue weighted by atomic mass is 32.1. The molecule has 0 bridgehead atoms. The molecule has 7 heteroatoms. The van der Waals surface area contributed by atoms with Crippen LogP contribution in [0.25, 0.3) is 0 Å². The van der Waals surface area contributed by atoms with E-state index in [1.54, 1.807) is 18.5 Å². The first-order valence-electron chi connectivity index (χ1n) is 8.22. The largest absolute Gasteiger partial charge is 0.371 e. The van der Waals surface area contributed by atoms with Crippen LogP contribution in [0.5, 0.6) is 0 Å². The molecule has 2 fully saturated rings. The van der Waals surface area contributed by atoms with E-state index in [1.165, 1.54) is 11.3 Å². The molecule has 0 aliphatic carbocycles. The number of nitrogens with one attached hydrogen (secondary N) is 1. The van der Waals surface area contributed by atoms with Crippen molar-refractivity contribution in [1.82, 2.24) is 14.9 Å². The van der Waals surface area contributed by atoms with Crippen molar-refractivity contribution in [3.8, 4) is 0 Å². The Kier molecular flexibility index (Phi) is 4.20. The summed E-state index contributed by atoms with van der Waals surface area (Å²) >= 11 is 1.50.